The normalized spacial score (nSPS) is 12.8. The number of nitrogens with one attached hydrogen (secondary N) is 1. The fourth-order valence-electron chi connectivity index (χ4n) is 1.56. The molecule has 0 radical (unpaired) electrons. The average molecular weight is 292 g/mol. The Hall–Kier alpha value is -2.32. The van der Waals surface area contributed by atoms with Gasteiger partial charge < -0.3 is 10.4 Å². The van der Waals surface area contributed by atoms with E-state index in [1.165, 1.54) is 0 Å². The van der Waals surface area contributed by atoms with E-state index in [9.17, 15) is 33.2 Å². The smallest absolute Gasteiger partial charge is 0.391 e. The first kappa shape index (κ1) is 15.7. The Kier molecular flexibility index (Phi) is 4.53. The Morgan fingerprint density at radius 3 is 2.60 bits per heavy atom. The number of hydrogen-bond acceptors (Lipinski definition) is 4. The molecule has 0 aliphatic heterocycles. The molecule has 2 N–H and O–H groups in total. The van der Waals surface area contributed by atoms with Crippen molar-refractivity contribution in [3.8, 4) is 5.75 Å². The Morgan fingerprint density at radius 1 is 1.50 bits per heavy atom. The Bertz CT molecular complexity index is 531. The van der Waals surface area contributed by atoms with Gasteiger partial charge in [-0.1, -0.05) is 0 Å². The van der Waals surface area contributed by atoms with Crippen molar-refractivity contribution in [2.45, 2.75) is 25.6 Å². The molecule has 0 heterocycles. The largest absolute Gasteiger partial charge is 0.508 e. The van der Waals surface area contributed by atoms with Crippen LogP contribution in [0.5, 0.6) is 5.75 Å². The number of hydrogen-bond donors (Lipinski definition) is 2. The zero-order valence-corrected chi connectivity index (χ0v) is 10.3. The van der Waals surface area contributed by atoms with Crippen molar-refractivity contribution in [1.29, 1.82) is 0 Å². The van der Waals surface area contributed by atoms with Gasteiger partial charge in [0.05, 0.1) is 11.3 Å². The summed E-state index contributed by atoms with van der Waals surface area (Å²) in [4.78, 5) is 21.6. The van der Waals surface area contributed by atoms with Crippen molar-refractivity contribution < 1.29 is 28.0 Å². The van der Waals surface area contributed by atoms with E-state index in [1.54, 1.807) is 0 Å². The molecular weight excluding hydrogens is 281 g/mol. The van der Waals surface area contributed by atoms with Gasteiger partial charge in [-0.2, -0.15) is 13.2 Å². The van der Waals surface area contributed by atoms with E-state index in [-0.39, 0.29) is 0 Å². The molecule has 1 unspecified atom stereocenters. The Morgan fingerprint density at radius 2 is 2.10 bits per heavy atom. The lowest BCUT2D eigenvalue weighted by molar-refractivity contribution is -0.385. The highest BCUT2D eigenvalue weighted by atomic mass is 19.4. The maximum Gasteiger partial charge on any atom is 0.391 e. The molecule has 9 heteroatoms. The molecule has 20 heavy (non-hydrogen) atoms. The van der Waals surface area contributed by atoms with Crippen LogP contribution in [0.25, 0.3) is 0 Å². The van der Waals surface area contributed by atoms with E-state index in [0.717, 1.165) is 25.1 Å². The number of amides is 1. The second-order valence-electron chi connectivity index (χ2n) is 4.15. The zero-order valence-electron chi connectivity index (χ0n) is 10.3. The second-order valence-corrected chi connectivity index (χ2v) is 4.15. The molecule has 110 valence electrons. The minimum atomic E-state index is -4.46. The summed E-state index contributed by atoms with van der Waals surface area (Å²) < 4.78 is 36.4. The molecule has 1 rings (SSSR count). The van der Waals surface area contributed by atoms with E-state index in [1.807, 2.05) is 5.32 Å². The highest BCUT2D eigenvalue weighted by Crippen LogP contribution is 2.24. The number of alkyl halides is 3. The molecule has 1 aromatic rings. The van der Waals surface area contributed by atoms with Crippen LogP contribution in [0.15, 0.2) is 18.2 Å². The summed E-state index contributed by atoms with van der Waals surface area (Å²) in [5.74, 6) is -1.45. The summed E-state index contributed by atoms with van der Waals surface area (Å²) in [6.45, 7) is 1.13. The van der Waals surface area contributed by atoms with Crippen LogP contribution in [-0.4, -0.2) is 28.2 Å². The number of nitro benzene ring substituents is 1. The number of phenolic OH excluding ortho intramolecular Hbond substituents is 1. The van der Waals surface area contributed by atoms with Gasteiger partial charge in [-0.05, 0) is 19.1 Å². The van der Waals surface area contributed by atoms with Crippen LogP contribution in [-0.2, 0) is 0 Å². The molecule has 0 aromatic heterocycles. The number of phenols is 1. The van der Waals surface area contributed by atoms with Crippen molar-refractivity contribution in [3.63, 3.8) is 0 Å². The van der Waals surface area contributed by atoms with Crippen LogP contribution in [0.4, 0.5) is 18.9 Å². The summed E-state index contributed by atoms with van der Waals surface area (Å²) in [6, 6.07) is 1.49. The van der Waals surface area contributed by atoms with Gasteiger partial charge in [0.2, 0.25) is 0 Å². The van der Waals surface area contributed by atoms with Gasteiger partial charge in [0, 0.05) is 12.1 Å². The minimum Gasteiger partial charge on any atom is -0.508 e. The Labute approximate surface area is 111 Å². The molecule has 0 spiro atoms. The van der Waals surface area contributed by atoms with Gasteiger partial charge in [0.15, 0.2) is 0 Å². The van der Waals surface area contributed by atoms with Crippen molar-refractivity contribution in [3.05, 3.63) is 33.9 Å². The summed E-state index contributed by atoms with van der Waals surface area (Å²) in [5, 5.41) is 21.9. The maximum atomic E-state index is 12.1. The molecule has 6 nitrogen and oxygen atoms in total. The minimum absolute atomic E-state index is 0.399. The average Bonchev–Trinajstić information content (AvgIpc) is 2.25. The molecular formula is C11H11F3N2O4. The van der Waals surface area contributed by atoms with Crippen LogP contribution in [0, 0.1) is 10.1 Å². The van der Waals surface area contributed by atoms with E-state index >= 15 is 0 Å². The predicted molar refractivity (Wildman–Crippen MR) is 62.4 cm³/mol. The zero-order chi connectivity index (χ0) is 15.5. The quantitative estimate of drug-likeness (QED) is 0.658. The third-order valence-electron chi connectivity index (χ3n) is 2.34. The number of carbonyl (C=O) groups excluding carboxylic acids is 1. The maximum absolute atomic E-state index is 12.1. The number of benzene rings is 1. The lowest BCUT2D eigenvalue weighted by atomic mass is 10.1. The van der Waals surface area contributed by atoms with Gasteiger partial charge >= 0.3 is 6.18 Å². The van der Waals surface area contributed by atoms with E-state index in [0.29, 0.717) is 0 Å². The van der Waals surface area contributed by atoms with Crippen molar-refractivity contribution in [1.82, 2.24) is 5.32 Å². The van der Waals surface area contributed by atoms with Crippen LogP contribution < -0.4 is 5.32 Å². The highest BCUT2D eigenvalue weighted by molar-refractivity contribution is 5.98. The fraction of sp³-hybridized carbons (Fsp3) is 0.364. The number of rotatable bonds is 4. The van der Waals surface area contributed by atoms with E-state index in [2.05, 4.69) is 0 Å². The highest BCUT2D eigenvalue weighted by Gasteiger charge is 2.31. The first-order valence-corrected chi connectivity index (χ1v) is 5.45. The van der Waals surface area contributed by atoms with Gasteiger partial charge in [0.25, 0.3) is 11.6 Å². The van der Waals surface area contributed by atoms with Gasteiger partial charge in [-0.25, -0.2) is 0 Å². The first-order valence-electron chi connectivity index (χ1n) is 5.45. The summed E-state index contributed by atoms with van der Waals surface area (Å²) in [7, 11) is 0. The second kappa shape index (κ2) is 5.76. The van der Waals surface area contributed by atoms with Crippen molar-refractivity contribution >= 4 is 11.6 Å². The van der Waals surface area contributed by atoms with Crippen molar-refractivity contribution in [2.24, 2.45) is 0 Å². The van der Waals surface area contributed by atoms with E-state index < -0.39 is 46.5 Å². The molecule has 1 aromatic carbocycles. The third kappa shape index (κ3) is 4.41. The number of carbonyl (C=O) groups is 1. The summed E-state index contributed by atoms with van der Waals surface area (Å²) in [5.41, 5.74) is -1.09. The van der Waals surface area contributed by atoms with Gasteiger partial charge in [-0.3, -0.25) is 14.9 Å². The molecule has 0 aliphatic carbocycles. The number of nitro groups is 1. The number of halogens is 3. The van der Waals surface area contributed by atoms with Gasteiger partial charge in [0.1, 0.15) is 11.3 Å². The Balaban J connectivity index is 2.92. The third-order valence-corrected chi connectivity index (χ3v) is 2.34. The SMILES string of the molecule is CC(CC(F)(F)F)NC(=O)c1cc(O)ccc1[N+](=O)[O-]. The van der Waals surface area contributed by atoms with Crippen LogP contribution in [0.2, 0.25) is 0 Å². The summed E-state index contributed by atoms with van der Waals surface area (Å²) >= 11 is 0. The monoisotopic (exact) mass is 292 g/mol. The molecule has 0 saturated carbocycles. The predicted octanol–water partition coefficient (Wildman–Crippen LogP) is 2.37. The molecule has 0 saturated heterocycles. The first-order chi connectivity index (χ1) is 9.10. The lowest BCUT2D eigenvalue weighted by Gasteiger charge is -2.15. The molecule has 0 fully saturated rings. The van der Waals surface area contributed by atoms with Crippen LogP contribution in [0.1, 0.15) is 23.7 Å². The van der Waals surface area contributed by atoms with E-state index in [4.69, 9.17) is 0 Å². The summed E-state index contributed by atoms with van der Waals surface area (Å²) in [6.07, 6.45) is -5.72. The van der Waals surface area contributed by atoms with Crippen molar-refractivity contribution in [2.75, 3.05) is 0 Å². The van der Waals surface area contributed by atoms with Crippen LogP contribution in [0.3, 0.4) is 0 Å². The molecule has 1 amide bonds. The number of aromatic hydroxyl groups is 1. The lowest BCUT2D eigenvalue weighted by Crippen LogP contribution is -2.36. The molecule has 0 bridgehead atoms. The number of nitrogens with zero attached hydrogens (tertiary/aromatic N) is 1. The molecule has 0 aliphatic rings. The standard InChI is InChI=1S/C11H11F3N2O4/c1-6(5-11(12,13)14)15-10(18)8-4-7(17)2-3-9(8)16(19)20/h2-4,6,17H,5H2,1H3,(H,15,18). The fourth-order valence-corrected chi connectivity index (χ4v) is 1.56. The van der Waals surface area contributed by atoms with Gasteiger partial charge in [-0.15, -0.1) is 0 Å². The molecule has 1 atom stereocenters. The topological polar surface area (TPSA) is 92.5 Å². The van der Waals surface area contributed by atoms with Crippen LogP contribution >= 0.6 is 0 Å².